The molecule has 0 N–H and O–H groups in total. The van der Waals surface area contributed by atoms with Crippen LogP contribution in [0.2, 0.25) is 0 Å². The predicted octanol–water partition coefficient (Wildman–Crippen LogP) is 12.9. The summed E-state index contributed by atoms with van der Waals surface area (Å²) in [4.78, 5) is 27.7. The Morgan fingerprint density at radius 1 is 0.551 bits per heavy atom. The zero-order chi connectivity index (χ0) is 35.7. The van der Waals surface area contributed by atoms with Crippen LogP contribution in [0.25, 0.3) is 0 Å². The minimum atomic E-state index is -0.722. The molecule has 0 radical (unpaired) electrons. The normalized spacial score (nSPS) is 14.6. The maximum absolute atomic E-state index is 13.0. The summed E-state index contributed by atoms with van der Waals surface area (Å²) >= 11 is 0. The maximum Gasteiger partial charge on any atom is 0.306 e. The molecule has 0 aromatic heterocycles. The highest BCUT2D eigenvalue weighted by Crippen LogP contribution is 2.43. The fraction of sp³-hybridized carbons (Fsp3) is 0.864. The van der Waals surface area contributed by atoms with E-state index in [1.807, 2.05) is 14.1 Å². The molecule has 0 saturated heterocycles. The molecule has 1 rings (SSSR count). The van der Waals surface area contributed by atoms with Crippen LogP contribution in [0.1, 0.15) is 206 Å². The van der Waals surface area contributed by atoms with Crippen LogP contribution in [-0.4, -0.2) is 49.7 Å². The van der Waals surface area contributed by atoms with E-state index in [1.165, 1.54) is 135 Å². The van der Waals surface area contributed by atoms with Gasteiger partial charge >= 0.3 is 11.9 Å². The Kier molecular flexibility index (Phi) is 29.9. The first-order chi connectivity index (χ1) is 23.9. The summed E-state index contributed by atoms with van der Waals surface area (Å²) < 4.78 is 12.0. The molecule has 0 amide bonds. The predicted molar refractivity (Wildman–Crippen MR) is 210 cm³/mol. The van der Waals surface area contributed by atoms with E-state index in [0.29, 0.717) is 19.4 Å². The van der Waals surface area contributed by atoms with Crippen molar-refractivity contribution in [2.45, 2.75) is 212 Å². The van der Waals surface area contributed by atoms with Gasteiger partial charge in [0, 0.05) is 25.3 Å². The maximum atomic E-state index is 13.0. The van der Waals surface area contributed by atoms with Gasteiger partial charge in [-0.25, -0.2) is 0 Å². The smallest absolute Gasteiger partial charge is 0.306 e. The lowest BCUT2D eigenvalue weighted by molar-refractivity contribution is -0.178. The minimum Gasteiger partial charge on any atom is -0.461 e. The molecule has 0 heterocycles. The van der Waals surface area contributed by atoms with Gasteiger partial charge in [0.1, 0.15) is 6.61 Å². The lowest BCUT2D eigenvalue weighted by Gasteiger charge is -2.35. The van der Waals surface area contributed by atoms with Crippen molar-refractivity contribution < 1.29 is 19.1 Å². The summed E-state index contributed by atoms with van der Waals surface area (Å²) in [5.74, 6) is -0.0185. The number of nitrogens with zero attached hydrogens (tertiary/aromatic N) is 1. The van der Waals surface area contributed by atoms with Gasteiger partial charge in [0.15, 0.2) is 5.60 Å². The molecule has 0 spiro atoms. The van der Waals surface area contributed by atoms with Crippen LogP contribution < -0.4 is 0 Å². The van der Waals surface area contributed by atoms with Gasteiger partial charge in [0.2, 0.25) is 0 Å². The Morgan fingerprint density at radius 2 is 0.918 bits per heavy atom. The molecule has 0 bridgehead atoms. The van der Waals surface area contributed by atoms with E-state index in [-0.39, 0.29) is 24.5 Å². The molecule has 1 aliphatic carbocycles. The third kappa shape index (κ3) is 27.7. The molecule has 1 unspecified atom stereocenters. The molecule has 49 heavy (non-hydrogen) atoms. The molecule has 5 heteroatoms. The van der Waals surface area contributed by atoms with Crippen molar-refractivity contribution in [1.29, 1.82) is 0 Å². The lowest BCUT2D eigenvalue weighted by atomic mass is 9.97. The summed E-state index contributed by atoms with van der Waals surface area (Å²) in [7, 11) is 4.00. The van der Waals surface area contributed by atoms with Gasteiger partial charge in [-0.05, 0) is 91.1 Å². The Labute approximate surface area is 304 Å². The second-order valence-electron chi connectivity index (χ2n) is 15.4. The Balaban J connectivity index is 2.18. The van der Waals surface area contributed by atoms with Gasteiger partial charge < -0.3 is 14.4 Å². The van der Waals surface area contributed by atoms with Crippen molar-refractivity contribution in [3.8, 4) is 0 Å². The SMILES string of the molecule is CCCCCCCC/C=C\CCCCCCCC(=O)OCC(CN(C)C)(OC(=O)CCCCCCC/C=C\CCCCCCCC)C1CC1. The van der Waals surface area contributed by atoms with Gasteiger partial charge in [0.05, 0.1) is 0 Å². The van der Waals surface area contributed by atoms with Crippen molar-refractivity contribution in [2.75, 3.05) is 27.2 Å². The Morgan fingerprint density at radius 3 is 1.31 bits per heavy atom. The standard InChI is InChI=1S/C44H81NO4/c1-5-7-9-11-13-15-17-19-21-23-25-27-29-31-33-35-42(46)48-40-44(39-45(3)4,41-37-38-41)49-43(47)36-34-32-30-28-26-24-22-20-18-16-14-12-10-8-6-2/h19-22,41H,5-18,23-40H2,1-4H3/b21-19-,22-20-. The number of carbonyl (C=O) groups excluding carboxylic acids is 2. The van der Waals surface area contributed by atoms with Crippen LogP contribution in [-0.2, 0) is 19.1 Å². The summed E-state index contributed by atoms with van der Waals surface area (Å²) in [6, 6.07) is 0. The van der Waals surface area contributed by atoms with Crippen molar-refractivity contribution in [3.05, 3.63) is 24.3 Å². The van der Waals surface area contributed by atoms with E-state index in [1.54, 1.807) is 0 Å². The third-order valence-corrected chi connectivity index (χ3v) is 9.99. The Hall–Kier alpha value is -1.62. The minimum absolute atomic E-state index is 0.139. The average molecular weight is 688 g/mol. The van der Waals surface area contributed by atoms with Crippen molar-refractivity contribution in [1.82, 2.24) is 4.90 Å². The molecule has 0 aliphatic heterocycles. The fourth-order valence-corrected chi connectivity index (χ4v) is 6.82. The van der Waals surface area contributed by atoms with Crippen molar-refractivity contribution in [2.24, 2.45) is 5.92 Å². The molecule has 1 fully saturated rings. The highest BCUT2D eigenvalue weighted by molar-refractivity contribution is 5.71. The van der Waals surface area contributed by atoms with Crippen molar-refractivity contribution in [3.63, 3.8) is 0 Å². The molecular weight excluding hydrogens is 606 g/mol. The highest BCUT2D eigenvalue weighted by atomic mass is 16.6. The molecule has 1 atom stereocenters. The number of hydrogen-bond donors (Lipinski definition) is 0. The zero-order valence-electron chi connectivity index (χ0n) is 33.1. The van der Waals surface area contributed by atoms with Crippen LogP contribution in [0.3, 0.4) is 0 Å². The second kappa shape index (κ2) is 32.3. The van der Waals surface area contributed by atoms with Crippen molar-refractivity contribution >= 4 is 11.9 Å². The summed E-state index contributed by atoms with van der Waals surface area (Å²) in [6.45, 7) is 5.31. The van der Waals surface area contributed by atoms with Gasteiger partial charge in [-0.2, -0.15) is 0 Å². The summed E-state index contributed by atoms with van der Waals surface area (Å²) in [5, 5.41) is 0. The highest BCUT2D eigenvalue weighted by Gasteiger charge is 2.50. The van der Waals surface area contributed by atoms with Gasteiger partial charge in [0.25, 0.3) is 0 Å². The average Bonchev–Trinajstić information content (AvgIpc) is 3.93. The number of hydrogen-bond acceptors (Lipinski definition) is 5. The number of esters is 2. The van der Waals surface area contributed by atoms with Crippen LogP contribution in [0.5, 0.6) is 0 Å². The number of rotatable bonds is 36. The number of carbonyl (C=O) groups is 2. The zero-order valence-corrected chi connectivity index (χ0v) is 33.1. The van der Waals surface area contributed by atoms with E-state index in [9.17, 15) is 9.59 Å². The fourth-order valence-electron chi connectivity index (χ4n) is 6.82. The van der Waals surface area contributed by atoms with Gasteiger partial charge in [-0.15, -0.1) is 0 Å². The first kappa shape index (κ1) is 45.4. The van der Waals surface area contributed by atoms with Gasteiger partial charge in [-0.3, -0.25) is 9.59 Å². The monoisotopic (exact) mass is 688 g/mol. The number of likely N-dealkylation sites (N-methyl/N-ethyl adjacent to an activating group) is 1. The third-order valence-electron chi connectivity index (χ3n) is 9.99. The largest absolute Gasteiger partial charge is 0.461 e. The van der Waals surface area contributed by atoms with E-state index < -0.39 is 5.60 Å². The molecule has 286 valence electrons. The number of ether oxygens (including phenoxy) is 2. The lowest BCUT2D eigenvalue weighted by Crippen LogP contribution is -2.50. The molecular formula is C44H81NO4. The first-order valence-corrected chi connectivity index (χ1v) is 21.3. The quantitative estimate of drug-likeness (QED) is 0.0373. The molecule has 1 saturated carbocycles. The van der Waals surface area contributed by atoms with Crippen LogP contribution >= 0.6 is 0 Å². The van der Waals surface area contributed by atoms with E-state index in [4.69, 9.17) is 9.47 Å². The molecule has 1 aliphatic rings. The molecule has 0 aromatic rings. The second-order valence-corrected chi connectivity index (χ2v) is 15.4. The van der Waals surface area contributed by atoms with E-state index in [2.05, 4.69) is 43.1 Å². The van der Waals surface area contributed by atoms with E-state index >= 15 is 0 Å². The van der Waals surface area contributed by atoms with Crippen LogP contribution in [0.15, 0.2) is 24.3 Å². The molecule has 5 nitrogen and oxygen atoms in total. The molecule has 0 aromatic carbocycles. The Bertz CT molecular complexity index is 833. The van der Waals surface area contributed by atoms with Crippen LogP contribution in [0.4, 0.5) is 0 Å². The number of unbranched alkanes of at least 4 members (excludes halogenated alkanes) is 22. The topological polar surface area (TPSA) is 55.8 Å². The van der Waals surface area contributed by atoms with Gasteiger partial charge in [-0.1, -0.05) is 141 Å². The van der Waals surface area contributed by atoms with Crippen LogP contribution in [0, 0.1) is 5.92 Å². The first-order valence-electron chi connectivity index (χ1n) is 21.3. The summed E-state index contributed by atoms with van der Waals surface area (Å²) in [5.41, 5.74) is -0.722. The number of allylic oxidation sites excluding steroid dienone is 4. The summed E-state index contributed by atoms with van der Waals surface area (Å²) in [6.07, 6.45) is 44.6. The van der Waals surface area contributed by atoms with E-state index in [0.717, 1.165) is 44.9 Å².